The first-order valence-electron chi connectivity index (χ1n) is 7.28. The summed E-state index contributed by atoms with van der Waals surface area (Å²) in [5.41, 5.74) is 8.09. The molecule has 0 radical (unpaired) electrons. The molecule has 1 heterocycles. The Balaban J connectivity index is 1.71. The minimum atomic E-state index is -0.0126. The van der Waals surface area contributed by atoms with Gasteiger partial charge in [0.15, 0.2) is 0 Å². The highest BCUT2D eigenvalue weighted by Crippen LogP contribution is 2.29. The van der Waals surface area contributed by atoms with Crippen LogP contribution in [0.15, 0.2) is 24.4 Å². The maximum absolute atomic E-state index is 12.3. The standard InChI is InChI=1S/C16H21N3O/c1-10-2-3-11(6-10)8-19-16(20)14-9-18-15-5-4-12(17)7-13(14)15/h4-5,7,9-11,18H,2-3,6,8,17H2,1H3,(H,19,20). The number of carbonyl (C=O) groups is 1. The van der Waals surface area contributed by atoms with Crippen molar-refractivity contribution in [2.24, 2.45) is 11.8 Å². The average molecular weight is 271 g/mol. The van der Waals surface area contributed by atoms with Gasteiger partial charge in [-0.1, -0.05) is 13.3 Å². The van der Waals surface area contributed by atoms with Crippen LogP contribution in [0, 0.1) is 11.8 Å². The summed E-state index contributed by atoms with van der Waals surface area (Å²) < 4.78 is 0. The molecule has 106 valence electrons. The Kier molecular flexibility index (Phi) is 3.38. The van der Waals surface area contributed by atoms with Gasteiger partial charge in [0.1, 0.15) is 0 Å². The Bertz CT molecular complexity index is 632. The van der Waals surface area contributed by atoms with Crippen LogP contribution in [0.4, 0.5) is 5.69 Å². The third kappa shape index (κ3) is 2.50. The van der Waals surface area contributed by atoms with E-state index < -0.39 is 0 Å². The lowest BCUT2D eigenvalue weighted by atomic mass is 10.1. The number of nitrogens with two attached hydrogens (primary N) is 1. The number of hydrogen-bond donors (Lipinski definition) is 3. The number of amides is 1. The van der Waals surface area contributed by atoms with E-state index in [4.69, 9.17) is 5.73 Å². The molecule has 0 aliphatic heterocycles. The molecule has 4 heteroatoms. The molecule has 20 heavy (non-hydrogen) atoms. The summed E-state index contributed by atoms with van der Waals surface area (Å²) in [4.78, 5) is 15.4. The van der Waals surface area contributed by atoms with E-state index in [1.807, 2.05) is 18.2 Å². The Hall–Kier alpha value is -1.97. The van der Waals surface area contributed by atoms with Crippen molar-refractivity contribution in [3.8, 4) is 0 Å². The van der Waals surface area contributed by atoms with Gasteiger partial charge in [0.05, 0.1) is 5.56 Å². The highest BCUT2D eigenvalue weighted by atomic mass is 16.1. The van der Waals surface area contributed by atoms with Crippen LogP contribution in [0.2, 0.25) is 0 Å². The number of aromatic nitrogens is 1. The zero-order valence-corrected chi connectivity index (χ0v) is 11.8. The van der Waals surface area contributed by atoms with Crippen LogP contribution in [0.3, 0.4) is 0 Å². The average Bonchev–Trinajstić information content (AvgIpc) is 3.02. The lowest BCUT2D eigenvalue weighted by Gasteiger charge is -2.10. The molecule has 4 nitrogen and oxygen atoms in total. The number of benzene rings is 1. The minimum absolute atomic E-state index is 0.0126. The van der Waals surface area contributed by atoms with Crippen molar-refractivity contribution in [3.05, 3.63) is 30.0 Å². The van der Waals surface area contributed by atoms with E-state index in [-0.39, 0.29) is 5.91 Å². The minimum Gasteiger partial charge on any atom is -0.399 e. The molecule has 2 atom stereocenters. The number of fused-ring (bicyclic) bond motifs is 1. The molecular formula is C16H21N3O. The molecule has 1 fully saturated rings. The van der Waals surface area contributed by atoms with E-state index in [9.17, 15) is 4.79 Å². The molecular weight excluding hydrogens is 250 g/mol. The molecule has 2 unspecified atom stereocenters. The van der Waals surface area contributed by atoms with E-state index >= 15 is 0 Å². The van der Waals surface area contributed by atoms with Gasteiger partial charge in [-0.05, 0) is 42.9 Å². The van der Waals surface area contributed by atoms with Crippen molar-refractivity contribution in [2.45, 2.75) is 26.2 Å². The van der Waals surface area contributed by atoms with Gasteiger partial charge in [0.2, 0.25) is 0 Å². The van der Waals surface area contributed by atoms with Crippen molar-refractivity contribution in [1.82, 2.24) is 10.3 Å². The second kappa shape index (κ2) is 5.19. The molecule has 0 saturated heterocycles. The van der Waals surface area contributed by atoms with Crippen LogP contribution in [-0.2, 0) is 0 Å². The van der Waals surface area contributed by atoms with Gasteiger partial charge in [-0.25, -0.2) is 0 Å². The van der Waals surface area contributed by atoms with Crippen LogP contribution >= 0.6 is 0 Å². The van der Waals surface area contributed by atoms with Crippen molar-refractivity contribution in [3.63, 3.8) is 0 Å². The first-order valence-corrected chi connectivity index (χ1v) is 7.28. The Morgan fingerprint density at radius 3 is 3.05 bits per heavy atom. The number of carbonyl (C=O) groups excluding carboxylic acids is 1. The van der Waals surface area contributed by atoms with Crippen molar-refractivity contribution < 1.29 is 4.79 Å². The van der Waals surface area contributed by atoms with Gasteiger partial charge in [-0.2, -0.15) is 0 Å². The zero-order chi connectivity index (χ0) is 14.1. The molecule has 1 aliphatic rings. The van der Waals surface area contributed by atoms with Gasteiger partial charge >= 0.3 is 0 Å². The molecule has 4 N–H and O–H groups in total. The number of nitrogens with one attached hydrogen (secondary N) is 2. The first-order chi connectivity index (χ1) is 9.63. The molecule has 1 saturated carbocycles. The Morgan fingerprint density at radius 2 is 2.30 bits per heavy atom. The van der Waals surface area contributed by atoms with Gasteiger partial charge in [0.25, 0.3) is 5.91 Å². The van der Waals surface area contributed by atoms with Crippen LogP contribution in [0.25, 0.3) is 10.9 Å². The second-order valence-electron chi connectivity index (χ2n) is 6.00. The number of rotatable bonds is 3. The second-order valence-corrected chi connectivity index (χ2v) is 6.00. The summed E-state index contributed by atoms with van der Waals surface area (Å²) in [7, 11) is 0. The fourth-order valence-electron chi connectivity index (χ4n) is 3.17. The van der Waals surface area contributed by atoms with Crippen LogP contribution in [-0.4, -0.2) is 17.4 Å². The Labute approximate surface area is 118 Å². The largest absolute Gasteiger partial charge is 0.399 e. The van der Waals surface area contributed by atoms with E-state index in [0.29, 0.717) is 17.2 Å². The van der Waals surface area contributed by atoms with Crippen molar-refractivity contribution in [1.29, 1.82) is 0 Å². The fourth-order valence-corrected chi connectivity index (χ4v) is 3.17. The third-order valence-corrected chi connectivity index (χ3v) is 4.31. The summed E-state index contributed by atoms with van der Waals surface area (Å²) in [5, 5.41) is 3.95. The Morgan fingerprint density at radius 1 is 1.45 bits per heavy atom. The van der Waals surface area contributed by atoms with E-state index in [1.54, 1.807) is 6.20 Å². The third-order valence-electron chi connectivity index (χ3n) is 4.31. The normalized spacial score (nSPS) is 22.2. The number of nitrogen functional groups attached to an aromatic ring is 1. The van der Waals surface area contributed by atoms with Gasteiger partial charge in [-0.15, -0.1) is 0 Å². The summed E-state index contributed by atoms with van der Waals surface area (Å²) in [6.07, 6.45) is 5.49. The zero-order valence-electron chi connectivity index (χ0n) is 11.8. The van der Waals surface area contributed by atoms with Crippen LogP contribution < -0.4 is 11.1 Å². The number of H-pyrrole nitrogens is 1. The highest BCUT2D eigenvalue weighted by Gasteiger charge is 2.22. The molecule has 1 amide bonds. The molecule has 3 rings (SSSR count). The molecule has 1 aromatic heterocycles. The lowest BCUT2D eigenvalue weighted by Crippen LogP contribution is -2.28. The van der Waals surface area contributed by atoms with E-state index in [2.05, 4.69) is 17.2 Å². The number of anilines is 1. The van der Waals surface area contributed by atoms with Gasteiger partial charge < -0.3 is 16.0 Å². The summed E-state index contributed by atoms with van der Waals surface area (Å²) in [5.74, 6) is 1.41. The lowest BCUT2D eigenvalue weighted by molar-refractivity contribution is 0.0949. The molecule has 1 aliphatic carbocycles. The summed E-state index contributed by atoms with van der Waals surface area (Å²) in [6.45, 7) is 3.06. The van der Waals surface area contributed by atoms with Crippen molar-refractivity contribution in [2.75, 3.05) is 12.3 Å². The maximum Gasteiger partial charge on any atom is 0.253 e. The fraction of sp³-hybridized carbons (Fsp3) is 0.438. The number of aromatic amines is 1. The summed E-state index contributed by atoms with van der Waals surface area (Å²) in [6, 6.07) is 5.58. The monoisotopic (exact) mass is 271 g/mol. The van der Waals surface area contributed by atoms with E-state index in [1.165, 1.54) is 19.3 Å². The quantitative estimate of drug-likeness (QED) is 0.751. The molecule has 1 aromatic carbocycles. The first kappa shape index (κ1) is 13.0. The molecule has 0 bridgehead atoms. The van der Waals surface area contributed by atoms with Crippen LogP contribution in [0.5, 0.6) is 0 Å². The van der Waals surface area contributed by atoms with Gasteiger partial charge in [-0.3, -0.25) is 4.79 Å². The van der Waals surface area contributed by atoms with Crippen molar-refractivity contribution >= 4 is 22.5 Å². The molecule has 0 spiro atoms. The predicted molar refractivity (Wildman–Crippen MR) is 81.5 cm³/mol. The predicted octanol–water partition coefficient (Wildman–Crippen LogP) is 2.92. The van der Waals surface area contributed by atoms with Gasteiger partial charge in [0, 0.05) is 29.3 Å². The van der Waals surface area contributed by atoms with E-state index in [0.717, 1.165) is 23.4 Å². The highest BCUT2D eigenvalue weighted by molar-refractivity contribution is 6.07. The maximum atomic E-state index is 12.3. The molecule has 2 aromatic rings. The SMILES string of the molecule is CC1CCC(CNC(=O)c2c[nH]c3ccc(N)cc23)C1. The summed E-state index contributed by atoms with van der Waals surface area (Å²) >= 11 is 0. The van der Waals surface area contributed by atoms with Crippen LogP contribution in [0.1, 0.15) is 36.5 Å². The number of hydrogen-bond acceptors (Lipinski definition) is 2. The topological polar surface area (TPSA) is 70.9 Å². The smallest absolute Gasteiger partial charge is 0.253 e.